The summed E-state index contributed by atoms with van der Waals surface area (Å²) >= 11 is 0. The van der Waals surface area contributed by atoms with Gasteiger partial charge in [0.05, 0.1) is 6.54 Å². The first kappa shape index (κ1) is 5.65. The summed E-state index contributed by atoms with van der Waals surface area (Å²) in [6.45, 7) is 3.47. The molecule has 0 bridgehead atoms. The predicted molar refractivity (Wildman–Crippen MR) is 31.8 cm³/mol. The van der Waals surface area contributed by atoms with E-state index in [1.807, 2.05) is 0 Å². The Bertz CT molecular complexity index is 122. The largest absolute Gasteiger partial charge is 0.322 e. The van der Waals surface area contributed by atoms with Crippen LogP contribution in [0.25, 0.3) is 0 Å². The quantitative estimate of drug-likeness (QED) is 0.502. The third-order valence-corrected chi connectivity index (χ3v) is 1.98. The highest BCUT2D eigenvalue weighted by Crippen LogP contribution is 2.31. The molecule has 2 aliphatic rings. The highest BCUT2D eigenvalue weighted by atomic mass is 16.9. The molecule has 2 saturated heterocycles. The number of nitrogens with one attached hydrogen (secondary N) is 1. The van der Waals surface area contributed by atoms with E-state index >= 15 is 0 Å². The minimum atomic E-state index is -0.223. The Morgan fingerprint density at radius 2 is 2.33 bits per heavy atom. The van der Waals surface area contributed by atoms with Gasteiger partial charge in [0.15, 0.2) is 12.6 Å². The molecule has 2 fully saturated rings. The minimum absolute atomic E-state index is 0.223. The standard InChI is InChI=1S/C6H11NO2/c1-5-2-6(3-7-5)8-4-9-6/h5,7H,2-4H2,1H3. The summed E-state index contributed by atoms with van der Waals surface area (Å²) < 4.78 is 10.5. The van der Waals surface area contributed by atoms with Crippen LogP contribution in [0.1, 0.15) is 13.3 Å². The van der Waals surface area contributed by atoms with Crippen molar-refractivity contribution >= 4 is 0 Å². The molecule has 52 valence electrons. The molecule has 0 aromatic carbocycles. The van der Waals surface area contributed by atoms with Gasteiger partial charge in [-0.2, -0.15) is 0 Å². The monoisotopic (exact) mass is 129 g/mol. The van der Waals surface area contributed by atoms with Gasteiger partial charge in [0, 0.05) is 12.5 Å². The van der Waals surface area contributed by atoms with Gasteiger partial charge in [0.25, 0.3) is 0 Å². The van der Waals surface area contributed by atoms with Crippen LogP contribution in [0, 0.1) is 0 Å². The Balaban J connectivity index is 1.99. The van der Waals surface area contributed by atoms with Crippen molar-refractivity contribution in [2.45, 2.75) is 25.2 Å². The van der Waals surface area contributed by atoms with Crippen molar-refractivity contribution in [3.8, 4) is 0 Å². The average Bonchev–Trinajstić information content (AvgIpc) is 2.09. The molecule has 0 aromatic rings. The summed E-state index contributed by atoms with van der Waals surface area (Å²) in [6, 6.07) is 0.547. The Hall–Kier alpha value is -0.120. The second kappa shape index (κ2) is 1.68. The molecule has 2 heterocycles. The number of hydrogen-bond acceptors (Lipinski definition) is 3. The smallest absolute Gasteiger partial charge is 0.187 e. The minimum Gasteiger partial charge on any atom is -0.322 e. The van der Waals surface area contributed by atoms with Gasteiger partial charge in [-0.1, -0.05) is 0 Å². The molecule has 0 radical (unpaired) electrons. The Morgan fingerprint density at radius 3 is 2.56 bits per heavy atom. The van der Waals surface area contributed by atoms with Crippen LogP contribution in [0.2, 0.25) is 0 Å². The molecule has 1 atom stereocenters. The first-order valence-electron chi connectivity index (χ1n) is 3.32. The van der Waals surface area contributed by atoms with Gasteiger partial charge in [-0.15, -0.1) is 0 Å². The van der Waals surface area contributed by atoms with Gasteiger partial charge in [0.2, 0.25) is 0 Å². The Labute approximate surface area is 54.3 Å². The van der Waals surface area contributed by atoms with Gasteiger partial charge >= 0.3 is 0 Å². The van der Waals surface area contributed by atoms with Gasteiger partial charge in [-0.25, -0.2) is 0 Å². The molecule has 0 amide bonds. The SMILES string of the molecule is CC1CC2(CN1)OCO2. The Kier molecular flexibility index (Phi) is 1.06. The normalized spacial score (nSPS) is 39.0. The van der Waals surface area contributed by atoms with Crippen LogP contribution in [0.3, 0.4) is 0 Å². The molecule has 2 aliphatic heterocycles. The third kappa shape index (κ3) is 0.764. The van der Waals surface area contributed by atoms with Gasteiger partial charge in [-0.05, 0) is 6.92 Å². The lowest BCUT2D eigenvalue weighted by Crippen LogP contribution is -2.48. The molecule has 1 N–H and O–H groups in total. The zero-order valence-corrected chi connectivity index (χ0v) is 5.52. The molecular weight excluding hydrogens is 118 g/mol. The summed E-state index contributed by atoms with van der Waals surface area (Å²) in [7, 11) is 0. The lowest BCUT2D eigenvalue weighted by Gasteiger charge is -2.37. The van der Waals surface area contributed by atoms with Crippen LogP contribution in [0.4, 0.5) is 0 Å². The van der Waals surface area contributed by atoms with E-state index in [0.717, 1.165) is 13.0 Å². The van der Waals surface area contributed by atoms with E-state index in [1.165, 1.54) is 0 Å². The van der Waals surface area contributed by atoms with E-state index in [0.29, 0.717) is 12.8 Å². The topological polar surface area (TPSA) is 30.5 Å². The van der Waals surface area contributed by atoms with Crippen molar-refractivity contribution in [1.29, 1.82) is 0 Å². The molecule has 9 heavy (non-hydrogen) atoms. The van der Waals surface area contributed by atoms with Gasteiger partial charge in [0.1, 0.15) is 0 Å². The summed E-state index contributed by atoms with van der Waals surface area (Å²) in [6.07, 6.45) is 0.993. The molecule has 0 saturated carbocycles. The van der Waals surface area contributed by atoms with Crippen molar-refractivity contribution < 1.29 is 9.47 Å². The van der Waals surface area contributed by atoms with Crippen molar-refractivity contribution in [3.05, 3.63) is 0 Å². The van der Waals surface area contributed by atoms with Crippen molar-refractivity contribution in [2.75, 3.05) is 13.3 Å². The zero-order chi connectivity index (χ0) is 6.32. The third-order valence-electron chi connectivity index (χ3n) is 1.98. The van der Waals surface area contributed by atoms with Crippen molar-refractivity contribution in [1.82, 2.24) is 5.32 Å². The molecule has 1 spiro atoms. The van der Waals surface area contributed by atoms with Crippen LogP contribution in [-0.4, -0.2) is 25.2 Å². The Morgan fingerprint density at radius 1 is 1.56 bits per heavy atom. The molecule has 2 rings (SSSR count). The maximum absolute atomic E-state index is 5.26. The number of ether oxygens (including phenoxy) is 2. The lowest BCUT2D eigenvalue weighted by molar-refractivity contribution is -0.387. The van der Waals surface area contributed by atoms with E-state index in [4.69, 9.17) is 9.47 Å². The maximum atomic E-state index is 5.26. The first-order chi connectivity index (χ1) is 4.31. The number of rotatable bonds is 0. The number of hydrogen-bond donors (Lipinski definition) is 1. The molecular formula is C6H11NO2. The molecule has 0 aliphatic carbocycles. The van der Waals surface area contributed by atoms with E-state index in [2.05, 4.69) is 12.2 Å². The summed E-state index contributed by atoms with van der Waals surface area (Å²) in [4.78, 5) is 0. The van der Waals surface area contributed by atoms with Crippen molar-refractivity contribution in [2.24, 2.45) is 0 Å². The van der Waals surface area contributed by atoms with Gasteiger partial charge < -0.3 is 14.8 Å². The van der Waals surface area contributed by atoms with Crippen LogP contribution >= 0.6 is 0 Å². The van der Waals surface area contributed by atoms with E-state index in [1.54, 1.807) is 0 Å². The summed E-state index contributed by atoms with van der Waals surface area (Å²) in [5, 5.41) is 3.26. The van der Waals surface area contributed by atoms with Crippen LogP contribution in [0.15, 0.2) is 0 Å². The fourth-order valence-corrected chi connectivity index (χ4v) is 1.39. The average molecular weight is 129 g/mol. The van der Waals surface area contributed by atoms with E-state index < -0.39 is 0 Å². The van der Waals surface area contributed by atoms with Crippen molar-refractivity contribution in [3.63, 3.8) is 0 Å². The second-order valence-corrected chi connectivity index (χ2v) is 2.80. The summed E-state index contributed by atoms with van der Waals surface area (Å²) in [5.74, 6) is -0.223. The fraction of sp³-hybridized carbons (Fsp3) is 1.00. The lowest BCUT2D eigenvalue weighted by atomic mass is 10.1. The molecule has 3 nitrogen and oxygen atoms in total. The molecule has 1 unspecified atom stereocenters. The van der Waals surface area contributed by atoms with Crippen LogP contribution in [0.5, 0.6) is 0 Å². The highest BCUT2D eigenvalue weighted by molar-refractivity contribution is 4.89. The van der Waals surface area contributed by atoms with Gasteiger partial charge in [-0.3, -0.25) is 0 Å². The summed E-state index contributed by atoms with van der Waals surface area (Å²) in [5.41, 5.74) is 0. The second-order valence-electron chi connectivity index (χ2n) is 2.80. The first-order valence-corrected chi connectivity index (χ1v) is 3.32. The fourth-order valence-electron chi connectivity index (χ4n) is 1.39. The molecule has 3 heteroatoms. The van der Waals surface area contributed by atoms with E-state index in [9.17, 15) is 0 Å². The predicted octanol–water partition coefficient (Wildman–Crippen LogP) is 0.0688. The highest BCUT2D eigenvalue weighted by Gasteiger charge is 2.45. The van der Waals surface area contributed by atoms with Crippen LogP contribution in [-0.2, 0) is 9.47 Å². The maximum Gasteiger partial charge on any atom is 0.187 e. The van der Waals surface area contributed by atoms with Crippen LogP contribution < -0.4 is 5.32 Å². The molecule has 0 aromatic heterocycles. The van der Waals surface area contributed by atoms with E-state index in [-0.39, 0.29) is 5.79 Å². The zero-order valence-electron chi connectivity index (χ0n) is 5.52.